The predicted molar refractivity (Wildman–Crippen MR) is 87.3 cm³/mol. The molecule has 0 spiro atoms. The Balaban J connectivity index is 1.75. The van der Waals surface area contributed by atoms with Crippen molar-refractivity contribution in [1.29, 1.82) is 0 Å². The molecule has 2 aromatic carbocycles. The highest BCUT2D eigenvalue weighted by atomic mass is 19.1. The smallest absolute Gasteiger partial charge is 0.248 e. The van der Waals surface area contributed by atoms with E-state index < -0.39 is 23.5 Å². The van der Waals surface area contributed by atoms with Gasteiger partial charge in [-0.15, -0.1) is 0 Å². The first-order valence-electron chi connectivity index (χ1n) is 7.64. The van der Waals surface area contributed by atoms with Gasteiger partial charge in [0.25, 0.3) is 0 Å². The quantitative estimate of drug-likeness (QED) is 0.873. The zero-order valence-electron chi connectivity index (χ0n) is 13.4. The summed E-state index contributed by atoms with van der Waals surface area (Å²) in [6.07, 6.45) is 0.464. The van der Waals surface area contributed by atoms with E-state index in [1.807, 2.05) is 0 Å². The van der Waals surface area contributed by atoms with Crippen LogP contribution in [0.25, 0.3) is 0 Å². The van der Waals surface area contributed by atoms with Crippen molar-refractivity contribution in [3.05, 3.63) is 59.2 Å². The fraction of sp³-hybridized carbons (Fsp3) is 0.222. The third-order valence-electron chi connectivity index (χ3n) is 4.23. The number of carbonyl (C=O) groups is 2. The van der Waals surface area contributed by atoms with Crippen LogP contribution in [0, 0.1) is 17.6 Å². The van der Waals surface area contributed by atoms with E-state index >= 15 is 0 Å². The molecule has 0 heterocycles. The van der Waals surface area contributed by atoms with Crippen molar-refractivity contribution in [2.45, 2.75) is 12.3 Å². The number of nitrogens with one attached hydrogen (secondary N) is 1. The number of carbonyl (C=O) groups excluding carboxylic acids is 2. The van der Waals surface area contributed by atoms with Crippen molar-refractivity contribution in [3.63, 3.8) is 0 Å². The molecule has 2 atom stereocenters. The average Bonchev–Trinajstić information content (AvgIpc) is 3.35. The number of ether oxygens (including phenoxy) is 1. The highest BCUT2D eigenvalue weighted by molar-refractivity contribution is 5.99. The molecular formula is C18H16F2N2O3. The maximum Gasteiger partial charge on any atom is 0.248 e. The molecular weight excluding hydrogens is 330 g/mol. The van der Waals surface area contributed by atoms with Crippen LogP contribution < -0.4 is 15.8 Å². The van der Waals surface area contributed by atoms with Crippen LogP contribution in [0.15, 0.2) is 36.4 Å². The highest BCUT2D eigenvalue weighted by Crippen LogP contribution is 2.49. The number of hydrogen-bond acceptors (Lipinski definition) is 3. The van der Waals surface area contributed by atoms with Gasteiger partial charge in [-0.1, -0.05) is 6.07 Å². The molecule has 25 heavy (non-hydrogen) atoms. The van der Waals surface area contributed by atoms with Gasteiger partial charge < -0.3 is 15.8 Å². The number of primary amides is 1. The van der Waals surface area contributed by atoms with Crippen molar-refractivity contribution >= 4 is 17.5 Å². The van der Waals surface area contributed by atoms with Gasteiger partial charge in [-0.2, -0.15) is 0 Å². The van der Waals surface area contributed by atoms with Gasteiger partial charge in [0.15, 0.2) is 0 Å². The van der Waals surface area contributed by atoms with Crippen molar-refractivity contribution in [3.8, 4) is 5.75 Å². The van der Waals surface area contributed by atoms with Crippen molar-refractivity contribution in [2.24, 2.45) is 11.7 Å². The van der Waals surface area contributed by atoms with Crippen LogP contribution in [0.4, 0.5) is 14.5 Å². The third kappa shape index (κ3) is 3.45. The molecule has 5 nitrogen and oxygen atoms in total. The van der Waals surface area contributed by atoms with Gasteiger partial charge in [0, 0.05) is 17.5 Å². The Bertz CT molecular complexity index is 854. The van der Waals surface area contributed by atoms with E-state index in [0.717, 1.165) is 6.07 Å². The number of rotatable bonds is 5. The van der Waals surface area contributed by atoms with Crippen LogP contribution in [-0.4, -0.2) is 18.9 Å². The van der Waals surface area contributed by atoms with E-state index in [0.29, 0.717) is 23.4 Å². The van der Waals surface area contributed by atoms with Gasteiger partial charge in [-0.05, 0) is 42.2 Å². The van der Waals surface area contributed by atoms with Gasteiger partial charge in [0.05, 0.1) is 12.8 Å². The first kappa shape index (κ1) is 16.9. The number of hydrogen-bond donors (Lipinski definition) is 2. The lowest BCUT2D eigenvalue weighted by atomic mass is 10.1. The van der Waals surface area contributed by atoms with Crippen molar-refractivity contribution in [2.75, 3.05) is 12.4 Å². The van der Waals surface area contributed by atoms with E-state index in [1.54, 1.807) is 0 Å². The monoisotopic (exact) mass is 346 g/mol. The van der Waals surface area contributed by atoms with Crippen molar-refractivity contribution < 1.29 is 23.1 Å². The second-order valence-corrected chi connectivity index (χ2v) is 5.88. The number of amides is 2. The Kier molecular flexibility index (Phi) is 4.39. The lowest BCUT2D eigenvalue weighted by Gasteiger charge is -2.11. The summed E-state index contributed by atoms with van der Waals surface area (Å²) in [7, 11) is 1.43. The summed E-state index contributed by atoms with van der Waals surface area (Å²) in [5, 5.41) is 2.68. The summed E-state index contributed by atoms with van der Waals surface area (Å²) in [5.41, 5.74) is 6.10. The Morgan fingerprint density at radius 3 is 2.60 bits per heavy atom. The zero-order valence-corrected chi connectivity index (χ0v) is 13.4. The maximum atomic E-state index is 13.8. The third-order valence-corrected chi connectivity index (χ3v) is 4.23. The van der Waals surface area contributed by atoms with E-state index in [1.165, 1.54) is 37.4 Å². The first-order chi connectivity index (χ1) is 11.9. The summed E-state index contributed by atoms with van der Waals surface area (Å²) in [5.74, 6) is -2.62. The number of halogens is 2. The van der Waals surface area contributed by atoms with Gasteiger partial charge in [0.2, 0.25) is 11.8 Å². The number of methoxy groups -OCH3 is 1. The van der Waals surface area contributed by atoms with Crippen LogP contribution in [0.3, 0.4) is 0 Å². The summed E-state index contributed by atoms with van der Waals surface area (Å²) in [6.45, 7) is 0. The minimum absolute atomic E-state index is 0.230. The van der Waals surface area contributed by atoms with Gasteiger partial charge in [0.1, 0.15) is 17.4 Å². The zero-order chi connectivity index (χ0) is 18.1. The minimum atomic E-state index is -0.659. The van der Waals surface area contributed by atoms with Crippen LogP contribution in [-0.2, 0) is 4.79 Å². The van der Waals surface area contributed by atoms with Gasteiger partial charge >= 0.3 is 0 Å². The second-order valence-electron chi connectivity index (χ2n) is 5.88. The Hall–Kier alpha value is -2.96. The molecule has 0 unspecified atom stereocenters. The van der Waals surface area contributed by atoms with E-state index in [4.69, 9.17) is 10.5 Å². The fourth-order valence-electron chi connectivity index (χ4n) is 2.82. The molecule has 2 amide bonds. The SMILES string of the molecule is COc1ccc(C(N)=O)cc1NC(=O)[C@H]1C[C@@H]1c1ccc(F)cc1F. The molecule has 0 aromatic heterocycles. The summed E-state index contributed by atoms with van der Waals surface area (Å²) in [6, 6.07) is 7.78. The molecule has 1 aliphatic carbocycles. The summed E-state index contributed by atoms with van der Waals surface area (Å²) in [4.78, 5) is 23.7. The molecule has 0 aliphatic heterocycles. The minimum Gasteiger partial charge on any atom is -0.495 e. The lowest BCUT2D eigenvalue weighted by Crippen LogP contribution is -2.17. The molecule has 1 fully saturated rings. The number of nitrogens with two attached hydrogens (primary N) is 1. The predicted octanol–water partition coefficient (Wildman–Crippen LogP) is 2.81. The van der Waals surface area contributed by atoms with Crippen LogP contribution >= 0.6 is 0 Å². The Morgan fingerprint density at radius 1 is 1.20 bits per heavy atom. The van der Waals surface area contributed by atoms with E-state index in [-0.39, 0.29) is 17.4 Å². The Labute approximate surface area is 142 Å². The lowest BCUT2D eigenvalue weighted by molar-refractivity contribution is -0.117. The van der Waals surface area contributed by atoms with Crippen molar-refractivity contribution in [1.82, 2.24) is 0 Å². The maximum absolute atomic E-state index is 13.8. The molecule has 2 aromatic rings. The summed E-state index contributed by atoms with van der Waals surface area (Å²) >= 11 is 0. The van der Waals surface area contributed by atoms with Crippen LogP contribution in [0.1, 0.15) is 28.3 Å². The standard InChI is InChI=1S/C18H16F2N2O3/c1-25-16-5-2-9(17(21)23)6-15(16)22-18(24)13-8-12(13)11-4-3-10(19)7-14(11)20/h2-7,12-13H,8H2,1H3,(H2,21,23)(H,22,24)/t12-,13+/m1/s1. The molecule has 0 bridgehead atoms. The van der Waals surface area contributed by atoms with Gasteiger partial charge in [-0.3, -0.25) is 9.59 Å². The molecule has 130 valence electrons. The second kappa shape index (κ2) is 6.51. The van der Waals surface area contributed by atoms with E-state index in [2.05, 4.69) is 5.32 Å². The number of anilines is 1. The van der Waals surface area contributed by atoms with Crippen LogP contribution in [0.5, 0.6) is 5.75 Å². The fourth-order valence-corrected chi connectivity index (χ4v) is 2.82. The normalized spacial score (nSPS) is 18.5. The molecule has 7 heteroatoms. The largest absolute Gasteiger partial charge is 0.495 e. The molecule has 1 saturated carbocycles. The topological polar surface area (TPSA) is 81.4 Å². The highest BCUT2D eigenvalue weighted by Gasteiger charge is 2.45. The first-order valence-corrected chi connectivity index (χ1v) is 7.64. The molecule has 0 saturated heterocycles. The Morgan fingerprint density at radius 2 is 1.96 bits per heavy atom. The average molecular weight is 346 g/mol. The van der Waals surface area contributed by atoms with E-state index in [9.17, 15) is 18.4 Å². The summed E-state index contributed by atoms with van der Waals surface area (Å²) < 4.78 is 32.0. The van der Waals surface area contributed by atoms with Crippen LogP contribution in [0.2, 0.25) is 0 Å². The molecule has 3 N–H and O–H groups in total. The molecule has 0 radical (unpaired) electrons. The number of benzene rings is 2. The molecule has 3 rings (SSSR count). The van der Waals surface area contributed by atoms with Gasteiger partial charge in [-0.25, -0.2) is 8.78 Å². The molecule has 1 aliphatic rings.